The molecule has 1 aromatic heterocycles. The molecule has 1 fully saturated rings. The first-order chi connectivity index (χ1) is 15.7. The number of carbonyl (C=O) groups excluding carboxylic acids is 3. The second-order valence-corrected chi connectivity index (χ2v) is 9.66. The van der Waals surface area contributed by atoms with Crippen molar-refractivity contribution >= 4 is 35.0 Å². The minimum atomic E-state index is -0.650. The summed E-state index contributed by atoms with van der Waals surface area (Å²) in [5, 5.41) is 2.79. The van der Waals surface area contributed by atoms with E-state index in [0.717, 1.165) is 10.6 Å². The molecule has 8 nitrogen and oxygen atoms in total. The van der Waals surface area contributed by atoms with Gasteiger partial charge in [-0.2, -0.15) is 0 Å². The molecule has 1 atom stereocenters. The molecular formula is C24H31N3O5S. The Morgan fingerprint density at radius 3 is 2.55 bits per heavy atom. The van der Waals surface area contributed by atoms with Crippen molar-refractivity contribution in [3.05, 3.63) is 35.8 Å². The standard InChI is InChI=1S/C24H31N3O5S/c1-5-31-20(28)12-15-26(18-10-8-17(9-11-18)21-25-13-16-33-21)22(29)19-7-6-14-27(19)23(30)32-24(2,3)4/h8-11,13,16,19H,5-7,12,14-15H2,1-4H3/t19-/m0/s1. The molecule has 1 aromatic carbocycles. The number of benzene rings is 1. The fourth-order valence-electron chi connectivity index (χ4n) is 3.70. The van der Waals surface area contributed by atoms with Crippen molar-refractivity contribution in [2.45, 2.75) is 58.6 Å². The molecule has 2 heterocycles. The molecule has 0 spiro atoms. The highest BCUT2D eigenvalue weighted by molar-refractivity contribution is 7.13. The van der Waals surface area contributed by atoms with Crippen molar-refractivity contribution in [2.24, 2.45) is 0 Å². The van der Waals surface area contributed by atoms with E-state index in [-0.39, 0.29) is 31.4 Å². The highest BCUT2D eigenvalue weighted by Crippen LogP contribution is 2.28. The van der Waals surface area contributed by atoms with Crippen molar-refractivity contribution in [3.8, 4) is 10.6 Å². The summed E-state index contributed by atoms with van der Waals surface area (Å²) >= 11 is 1.53. The molecule has 0 N–H and O–H groups in total. The van der Waals surface area contributed by atoms with Gasteiger partial charge in [0.1, 0.15) is 16.7 Å². The number of carbonyl (C=O) groups is 3. The lowest BCUT2D eigenvalue weighted by Crippen LogP contribution is -2.49. The van der Waals surface area contributed by atoms with Crippen LogP contribution in [0.25, 0.3) is 10.6 Å². The molecule has 2 aromatic rings. The van der Waals surface area contributed by atoms with Crippen LogP contribution in [-0.4, -0.2) is 59.2 Å². The smallest absolute Gasteiger partial charge is 0.410 e. The molecule has 178 valence electrons. The van der Waals surface area contributed by atoms with Gasteiger partial charge in [0.2, 0.25) is 5.91 Å². The van der Waals surface area contributed by atoms with E-state index in [9.17, 15) is 14.4 Å². The number of aromatic nitrogens is 1. The number of likely N-dealkylation sites (tertiary alicyclic amines) is 1. The minimum Gasteiger partial charge on any atom is -0.466 e. The Hall–Kier alpha value is -2.94. The number of nitrogens with zero attached hydrogens (tertiary/aromatic N) is 3. The molecule has 1 aliphatic rings. The third kappa shape index (κ3) is 6.54. The van der Waals surface area contributed by atoms with Crippen LogP contribution in [-0.2, 0) is 19.1 Å². The number of anilines is 1. The van der Waals surface area contributed by atoms with Crippen LogP contribution in [0, 0.1) is 0 Å². The lowest BCUT2D eigenvalue weighted by molar-refractivity contribution is -0.142. The van der Waals surface area contributed by atoms with E-state index in [2.05, 4.69) is 4.98 Å². The Morgan fingerprint density at radius 1 is 1.21 bits per heavy atom. The first-order valence-electron chi connectivity index (χ1n) is 11.2. The molecule has 0 aliphatic carbocycles. The predicted molar refractivity (Wildman–Crippen MR) is 127 cm³/mol. The van der Waals surface area contributed by atoms with E-state index in [0.29, 0.717) is 25.1 Å². The molecular weight excluding hydrogens is 442 g/mol. The van der Waals surface area contributed by atoms with Crippen LogP contribution >= 0.6 is 11.3 Å². The maximum atomic E-state index is 13.6. The van der Waals surface area contributed by atoms with Gasteiger partial charge in [-0.25, -0.2) is 9.78 Å². The molecule has 0 radical (unpaired) electrons. The fraction of sp³-hybridized carbons (Fsp3) is 0.500. The normalized spacial score (nSPS) is 15.9. The van der Waals surface area contributed by atoms with Gasteiger partial charge in [0.15, 0.2) is 0 Å². The second-order valence-electron chi connectivity index (χ2n) is 8.76. The van der Waals surface area contributed by atoms with Crippen LogP contribution in [0.4, 0.5) is 10.5 Å². The van der Waals surface area contributed by atoms with Gasteiger partial charge in [0.05, 0.1) is 13.0 Å². The molecule has 0 bridgehead atoms. The van der Waals surface area contributed by atoms with Gasteiger partial charge in [-0.3, -0.25) is 14.5 Å². The van der Waals surface area contributed by atoms with Gasteiger partial charge in [-0.05, 0) is 64.8 Å². The fourth-order valence-corrected chi connectivity index (χ4v) is 4.34. The Labute approximate surface area is 198 Å². The van der Waals surface area contributed by atoms with Crippen LogP contribution in [0.5, 0.6) is 0 Å². The largest absolute Gasteiger partial charge is 0.466 e. The molecule has 9 heteroatoms. The van der Waals surface area contributed by atoms with E-state index in [1.54, 1.807) is 38.8 Å². The van der Waals surface area contributed by atoms with Gasteiger partial charge in [0.25, 0.3) is 0 Å². The zero-order valence-electron chi connectivity index (χ0n) is 19.6. The summed E-state index contributed by atoms with van der Waals surface area (Å²) in [6.45, 7) is 8.04. The lowest BCUT2D eigenvalue weighted by Gasteiger charge is -2.31. The number of rotatable bonds is 7. The summed E-state index contributed by atoms with van der Waals surface area (Å²) in [4.78, 5) is 45.7. The zero-order chi connectivity index (χ0) is 24.0. The summed E-state index contributed by atoms with van der Waals surface area (Å²) in [7, 11) is 0. The first kappa shape index (κ1) is 24.7. The molecule has 0 saturated carbocycles. The van der Waals surface area contributed by atoms with E-state index in [1.807, 2.05) is 29.6 Å². The summed E-state index contributed by atoms with van der Waals surface area (Å²) in [5.74, 6) is -0.602. The molecule has 0 unspecified atom stereocenters. The van der Waals surface area contributed by atoms with Crippen molar-refractivity contribution in [1.29, 1.82) is 0 Å². The number of esters is 1. The van der Waals surface area contributed by atoms with Crippen LogP contribution in [0.15, 0.2) is 35.8 Å². The average Bonchev–Trinajstić information content (AvgIpc) is 3.45. The first-order valence-corrected chi connectivity index (χ1v) is 12.0. The summed E-state index contributed by atoms with van der Waals surface area (Å²) in [6.07, 6.45) is 2.57. The number of amides is 2. The van der Waals surface area contributed by atoms with Crippen molar-refractivity contribution in [1.82, 2.24) is 9.88 Å². The number of hydrogen-bond donors (Lipinski definition) is 0. The predicted octanol–water partition coefficient (Wildman–Crippen LogP) is 4.50. The maximum absolute atomic E-state index is 13.6. The quantitative estimate of drug-likeness (QED) is 0.550. The van der Waals surface area contributed by atoms with Crippen LogP contribution in [0.1, 0.15) is 47.0 Å². The summed E-state index contributed by atoms with van der Waals surface area (Å²) in [5.41, 5.74) is 0.950. The minimum absolute atomic E-state index is 0.0625. The van der Waals surface area contributed by atoms with E-state index < -0.39 is 17.7 Å². The van der Waals surface area contributed by atoms with Crippen LogP contribution in [0.3, 0.4) is 0 Å². The molecule has 3 rings (SSSR count). The molecule has 1 aliphatic heterocycles. The highest BCUT2D eigenvalue weighted by atomic mass is 32.1. The monoisotopic (exact) mass is 473 g/mol. The molecule has 1 saturated heterocycles. The average molecular weight is 474 g/mol. The topological polar surface area (TPSA) is 89.0 Å². The Kier molecular flexibility index (Phi) is 8.07. The Balaban J connectivity index is 1.82. The van der Waals surface area contributed by atoms with Crippen LogP contribution in [0.2, 0.25) is 0 Å². The van der Waals surface area contributed by atoms with Gasteiger partial charge in [0, 0.05) is 35.9 Å². The van der Waals surface area contributed by atoms with Crippen molar-refractivity contribution in [3.63, 3.8) is 0 Å². The van der Waals surface area contributed by atoms with Crippen molar-refractivity contribution in [2.75, 3.05) is 24.6 Å². The van der Waals surface area contributed by atoms with Crippen LogP contribution < -0.4 is 4.90 Å². The SMILES string of the molecule is CCOC(=O)CCN(C(=O)[C@@H]1CCCN1C(=O)OC(C)(C)C)c1ccc(-c2nccs2)cc1. The number of hydrogen-bond acceptors (Lipinski definition) is 7. The van der Waals surface area contributed by atoms with Gasteiger partial charge < -0.3 is 14.4 Å². The van der Waals surface area contributed by atoms with E-state index in [4.69, 9.17) is 9.47 Å². The number of ether oxygens (including phenoxy) is 2. The zero-order valence-corrected chi connectivity index (χ0v) is 20.4. The third-order valence-electron chi connectivity index (χ3n) is 5.14. The lowest BCUT2D eigenvalue weighted by atomic mass is 10.1. The Morgan fingerprint density at radius 2 is 1.94 bits per heavy atom. The number of thiazole rings is 1. The third-order valence-corrected chi connectivity index (χ3v) is 5.96. The highest BCUT2D eigenvalue weighted by Gasteiger charge is 2.39. The van der Waals surface area contributed by atoms with Gasteiger partial charge in [-0.1, -0.05) is 0 Å². The summed E-state index contributed by atoms with van der Waals surface area (Å²) < 4.78 is 10.6. The molecule has 33 heavy (non-hydrogen) atoms. The summed E-state index contributed by atoms with van der Waals surface area (Å²) in [6, 6.07) is 6.85. The van der Waals surface area contributed by atoms with E-state index in [1.165, 1.54) is 16.2 Å². The maximum Gasteiger partial charge on any atom is 0.410 e. The van der Waals surface area contributed by atoms with Gasteiger partial charge in [-0.15, -0.1) is 11.3 Å². The van der Waals surface area contributed by atoms with E-state index >= 15 is 0 Å². The second kappa shape index (κ2) is 10.8. The van der Waals surface area contributed by atoms with Crippen molar-refractivity contribution < 1.29 is 23.9 Å². The molecule has 2 amide bonds. The Bertz CT molecular complexity index is 953. The van der Waals surface area contributed by atoms with Gasteiger partial charge >= 0.3 is 12.1 Å².